The first kappa shape index (κ1) is 22.3. The van der Waals surface area contributed by atoms with E-state index >= 15 is 0 Å². The van der Waals surface area contributed by atoms with E-state index in [0.29, 0.717) is 48.0 Å². The van der Waals surface area contributed by atoms with Crippen LogP contribution in [-0.4, -0.2) is 73.8 Å². The summed E-state index contributed by atoms with van der Waals surface area (Å²) in [5.74, 6) is -0.822. The van der Waals surface area contributed by atoms with Gasteiger partial charge in [0.1, 0.15) is 13.1 Å². The van der Waals surface area contributed by atoms with Gasteiger partial charge >= 0.3 is 11.9 Å². The van der Waals surface area contributed by atoms with E-state index in [0.717, 1.165) is 31.4 Å². The maximum absolute atomic E-state index is 13.2. The molecule has 1 aromatic carbocycles. The third kappa shape index (κ3) is 5.38. The smallest absolute Gasteiger partial charge is 0.337 e. The van der Waals surface area contributed by atoms with Gasteiger partial charge in [-0.05, 0) is 25.1 Å². The topological polar surface area (TPSA) is 101 Å². The number of nitrogens with zero attached hydrogens (tertiary/aromatic N) is 2. The van der Waals surface area contributed by atoms with E-state index in [4.69, 9.17) is 14.2 Å². The molecule has 1 aliphatic rings. The van der Waals surface area contributed by atoms with Gasteiger partial charge < -0.3 is 19.1 Å². The zero-order valence-corrected chi connectivity index (χ0v) is 18.0. The summed E-state index contributed by atoms with van der Waals surface area (Å²) >= 11 is 1.16. The van der Waals surface area contributed by atoms with Crippen LogP contribution in [-0.2, 0) is 25.5 Å². The first-order valence-corrected chi connectivity index (χ1v) is 10.8. The Kier molecular flexibility index (Phi) is 7.83. The van der Waals surface area contributed by atoms with Gasteiger partial charge in [-0.2, -0.15) is 0 Å². The summed E-state index contributed by atoms with van der Waals surface area (Å²) in [6, 6.07) is 4.68. The van der Waals surface area contributed by atoms with Crippen molar-refractivity contribution in [3.8, 4) is 0 Å². The Morgan fingerprint density at radius 1 is 1.30 bits per heavy atom. The van der Waals surface area contributed by atoms with Crippen molar-refractivity contribution in [2.45, 2.75) is 18.6 Å². The van der Waals surface area contributed by atoms with Crippen LogP contribution in [0.5, 0.6) is 0 Å². The number of esters is 2. The van der Waals surface area contributed by atoms with E-state index < -0.39 is 5.97 Å². The second kappa shape index (κ2) is 10.6. The van der Waals surface area contributed by atoms with Crippen molar-refractivity contribution in [1.82, 2.24) is 9.55 Å². The fourth-order valence-electron chi connectivity index (χ4n) is 3.26. The molecule has 1 aromatic heterocycles. The molecule has 0 spiro atoms. The number of morpholine rings is 1. The van der Waals surface area contributed by atoms with Crippen molar-refractivity contribution in [1.29, 1.82) is 0 Å². The number of hydrogen-bond donors (Lipinski definition) is 1. The molecule has 0 atom stereocenters. The predicted octanol–water partition coefficient (Wildman–Crippen LogP) is -0.247. The number of ether oxygens (including phenoxy) is 3. The number of benzene rings is 1. The number of carbonyl (C=O) groups excluding carboxylic acids is 2. The standard InChI is InChI=1S/C20H25N3O6S/c1-3-29-17(24)13-30-20-21-16-12-14(19(26)27-2)4-5-15(16)18(25)23(20)7-6-22-8-10-28-11-9-22/h4-5,12H,3,6-11,13H2,1-2H3/p+1. The van der Waals surface area contributed by atoms with E-state index in [9.17, 15) is 14.4 Å². The van der Waals surface area contributed by atoms with Crippen LogP contribution in [0.15, 0.2) is 28.2 Å². The molecule has 9 nitrogen and oxygen atoms in total. The third-order valence-electron chi connectivity index (χ3n) is 4.85. The number of nitrogens with one attached hydrogen (secondary N) is 1. The van der Waals surface area contributed by atoms with Crippen LogP contribution in [0.3, 0.4) is 0 Å². The van der Waals surface area contributed by atoms with Gasteiger partial charge in [0.05, 0.1) is 62.2 Å². The van der Waals surface area contributed by atoms with E-state index in [1.165, 1.54) is 18.1 Å². The fraction of sp³-hybridized carbons (Fsp3) is 0.500. The van der Waals surface area contributed by atoms with Crippen LogP contribution in [0.4, 0.5) is 0 Å². The van der Waals surface area contributed by atoms with Gasteiger partial charge in [0.25, 0.3) is 5.56 Å². The van der Waals surface area contributed by atoms with Crippen molar-refractivity contribution in [2.75, 3.05) is 52.3 Å². The van der Waals surface area contributed by atoms with Crippen molar-refractivity contribution in [3.63, 3.8) is 0 Å². The van der Waals surface area contributed by atoms with Crippen LogP contribution in [0.2, 0.25) is 0 Å². The molecule has 1 fully saturated rings. The Balaban J connectivity index is 1.93. The molecule has 1 aliphatic heterocycles. The second-order valence-corrected chi connectivity index (χ2v) is 7.72. The first-order chi connectivity index (χ1) is 14.5. The molecule has 0 amide bonds. The van der Waals surface area contributed by atoms with Crippen molar-refractivity contribution < 1.29 is 28.7 Å². The van der Waals surface area contributed by atoms with Gasteiger partial charge in [0.2, 0.25) is 0 Å². The number of fused-ring (bicyclic) bond motifs is 1. The zero-order valence-electron chi connectivity index (χ0n) is 17.1. The summed E-state index contributed by atoms with van der Waals surface area (Å²) in [4.78, 5) is 42.8. The average molecular weight is 437 g/mol. The number of methoxy groups -OCH3 is 1. The van der Waals surface area contributed by atoms with Gasteiger partial charge in [-0.1, -0.05) is 11.8 Å². The molecule has 162 valence electrons. The van der Waals surface area contributed by atoms with Crippen LogP contribution < -0.4 is 10.5 Å². The Labute approximate surface area is 178 Å². The first-order valence-electron chi connectivity index (χ1n) is 9.86. The molecule has 0 radical (unpaired) electrons. The van der Waals surface area contributed by atoms with E-state index in [2.05, 4.69) is 4.98 Å². The van der Waals surface area contributed by atoms with Gasteiger partial charge in [-0.15, -0.1) is 0 Å². The summed E-state index contributed by atoms with van der Waals surface area (Å²) in [7, 11) is 1.30. The Hall–Kier alpha value is -2.43. The highest BCUT2D eigenvalue weighted by atomic mass is 32.2. The number of thioether (sulfide) groups is 1. The summed E-state index contributed by atoms with van der Waals surface area (Å²) in [6.45, 7) is 6.46. The van der Waals surface area contributed by atoms with E-state index in [1.807, 2.05) is 0 Å². The molecule has 2 aromatic rings. The minimum Gasteiger partial charge on any atom is -0.465 e. The average Bonchev–Trinajstić information content (AvgIpc) is 2.77. The molecular weight excluding hydrogens is 410 g/mol. The molecule has 0 bridgehead atoms. The monoisotopic (exact) mass is 436 g/mol. The van der Waals surface area contributed by atoms with Crippen LogP contribution in [0, 0.1) is 0 Å². The predicted molar refractivity (Wildman–Crippen MR) is 111 cm³/mol. The van der Waals surface area contributed by atoms with Gasteiger partial charge in [0, 0.05) is 0 Å². The lowest BCUT2D eigenvalue weighted by Gasteiger charge is -2.24. The second-order valence-electron chi connectivity index (χ2n) is 6.78. The SMILES string of the molecule is CCOC(=O)CSc1nc2cc(C(=O)OC)ccc2c(=O)n1CC[NH+]1CCOCC1. The van der Waals surface area contributed by atoms with Gasteiger partial charge in [0.15, 0.2) is 5.16 Å². The maximum Gasteiger partial charge on any atom is 0.337 e. The molecular formula is C20H26N3O6S+. The Morgan fingerprint density at radius 2 is 2.07 bits per heavy atom. The summed E-state index contributed by atoms with van der Waals surface area (Å²) in [5.41, 5.74) is 0.508. The largest absolute Gasteiger partial charge is 0.465 e. The number of rotatable bonds is 8. The molecule has 1 saturated heterocycles. The fourth-order valence-corrected chi connectivity index (χ4v) is 4.08. The molecule has 0 unspecified atom stereocenters. The summed E-state index contributed by atoms with van der Waals surface area (Å²) in [5, 5.41) is 0.843. The molecule has 10 heteroatoms. The van der Waals surface area contributed by atoms with Gasteiger partial charge in [-0.3, -0.25) is 14.2 Å². The molecule has 1 N–H and O–H groups in total. The van der Waals surface area contributed by atoms with E-state index in [-0.39, 0.29) is 17.3 Å². The highest BCUT2D eigenvalue weighted by Crippen LogP contribution is 2.19. The van der Waals surface area contributed by atoms with Crippen LogP contribution in [0.1, 0.15) is 17.3 Å². The Bertz CT molecular complexity index is 971. The lowest BCUT2D eigenvalue weighted by molar-refractivity contribution is -0.908. The van der Waals surface area contributed by atoms with Crippen LogP contribution >= 0.6 is 11.8 Å². The van der Waals surface area contributed by atoms with Crippen LogP contribution in [0.25, 0.3) is 10.9 Å². The van der Waals surface area contributed by atoms with Crippen molar-refractivity contribution in [2.24, 2.45) is 0 Å². The quantitative estimate of drug-likeness (QED) is 0.344. The highest BCUT2D eigenvalue weighted by Gasteiger charge is 2.19. The maximum atomic E-state index is 13.2. The molecule has 30 heavy (non-hydrogen) atoms. The highest BCUT2D eigenvalue weighted by molar-refractivity contribution is 7.99. The van der Waals surface area contributed by atoms with Crippen molar-refractivity contribution >= 4 is 34.6 Å². The zero-order chi connectivity index (χ0) is 21.5. The third-order valence-corrected chi connectivity index (χ3v) is 5.80. The Morgan fingerprint density at radius 3 is 2.77 bits per heavy atom. The van der Waals surface area contributed by atoms with E-state index in [1.54, 1.807) is 23.6 Å². The van der Waals surface area contributed by atoms with Crippen molar-refractivity contribution in [3.05, 3.63) is 34.1 Å². The summed E-state index contributed by atoms with van der Waals surface area (Å²) in [6.07, 6.45) is 0. The number of carbonyl (C=O) groups is 2. The lowest BCUT2D eigenvalue weighted by Crippen LogP contribution is -3.14. The normalized spacial score (nSPS) is 14.6. The minimum absolute atomic E-state index is 0.0485. The molecule has 0 aliphatic carbocycles. The molecule has 2 heterocycles. The minimum atomic E-state index is -0.500. The molecule has 3 rings (SSSR count). The summed E-state index contributed by atoms with van der Waals surface area (Å²) < 4.78 is 16.7. The number of hydrogen-bond acceptors (Lipinski definition) is 8. The number of aromatic nitrogens is 2. The lowest BCUT2D eigenvalue weighted by atomic mass is 10.1. The van der Waals surface area contributed by atoms with Gasteiger partial charge in [-0.25, -0.2) is 9.78 Å². The molecule has 0 saturated carbocycles. The number of quaternary nitrogens is 1.